The molecule has 8 heteroatoms. The molecule has 1 aliphatic rings. The average molecular weight is 364 g/mol. The third-order valence-corrected chi connectivity index (χ3v) is 5.60. The summed E-state index contributed by atoms with van der Waals surface area (Å²) in [6.45, 7) is 4.82. The first-order chi connectivity index (χ1) is 9.45. The molecule has 0 bridgehead atoms. The summed E-state index contributed by atoms with van der Waals surface area (Å²) in [5.74, 6) is 0.407. The Bertz CT molecular complexity index is 571. The highest BCUT2D eigenvalue weighted by Gasteiger charge is 2.28. The lowest BCUT2D eigenvalue weighted by Gasteiger charge is -2.31. The molecular weight excluding hydrogens is 346 g/mol. The number of hydrogen-bond donors (Lipinski definition) is 0. The summed E-state index contributed by atoms with van der Waals surface area (Å²) in [6, 6.07) is 1.55. The fourth-order valence-electron chi connectivity index (χ4n) is 1.97. The lowest BCUT2D eigenvalue weighted by atomic mass is 10.4. The van der Waals surface area contributed by atoms with Crippen molar-refractivity contribution in [1.82, 2.24) is 14.2 Å². The van der Waals surface area contributed by atoms with Crippen molar-refractivity contribution in [2.24, 2.45) is 0 Å². The standard InChI is InChI=1S/C12H18BrN3O3S/c1-3-19-12-11(13)8-10(9-14-12)20(17,18)16-6-4-15(2)5-7-16/h8-9H,3-7H2,1-2H3. The summed E-state index contributed by atoms with van der Waals surface area (Å²) >= 11 is 3.30. The van der Waals surface area contributed by atoms with Crippen LogP contribution in [-0.4, -0.2) is 62.4 Å². The summed E-state index contributed by atoms with van der Waals surface area (Å²) in [4.78, 5) is 6.36. The molecule has 1 aromatic rings. The second-order valence-electron chi connectivity index (χ2n) is 4.60. The zero-order chi connectivity index (χ0) is 14.8. The van der Waals surface area contributed by atoms with Gasteiger partial charge >= 0.3 is 0 Å². The number of piperazine rings is 1. The van der Waals surface area contributed by atoms with E-state index in [1.54, 1.807) is 6.07 Å². The van der Waals surface area contributed by atoms with Gasteiger partial charge in [0, 0.05) is 26.2 Å². The zero-order valence-electron chi connectivity index (χ0n) is 11.5. The Kier molecular flexibility index (Phi) is 5.00. The molecule has 0 amide bonds. The van der Waals surface area contributed by atoms with Gasteiger partial charge in [-0.3, -0.25) is 0 Å². The number of pyridine rings is 1. The van der Waals surface area contributed by atoms with Gasteiger partial charge in [0.15, 0.2) is 0 Å². The lowest BCUT2D eigenvalue weighted by Crippen LogP contribution is -2.47. The minimum absolute atomic E-state index is 0.192. The molecule has 1 aromatic heterocycles. The largest absolute Gasteiger partial charge is 0.477 e. The third-order valence-electron chi connectivity index (χ3n) is 3.16. The van der Waals surface area contributed by atoms with Crippen molar-refractivity contribution in [3.8, 4) is 5.88 Å². The highest BCUT2D eigenvalue weighted by atomic mass is 79.9. The van der Waals surface area contributed by atoms with E-state index >= 15 is 0 Å². The molecule has 0 spiro atoms. The molecule has 0 atom stereocenters. The van der Waals surface area contributed by atoms with Crippen LogP contribution in [0.2, 0.25) is 0 Å². The van der Waals surface area contributed by atoms with E-state index in [4.69, 9.17) is 4.74 Å². The predicted octanol–water partition coefficient (Wildman–Crippen LogP) is 1.18. The maximum Gasteiger partial charge on any atom is 0.244 e. The van der Waals surface area contributed by atoms with Crippen LogP contribution in [0.3, 0.4) is 0 Å². The van der Waals surface area contributed by atoms with Gasteiger partial charge in [0.1, 0.15) is 4.90 Å². The minimum atomic E-state index is -3.48. The average Bonchev–Trinajstić information content (AvgIpc) is 2.41. The molecule has 1 aliphatic heterocycles. The van der Waals surface area contributed by atoms with Gasteiger partial charge in [0.2, 0.25) is 15.9 Å². The summed E-state index contributed by atoms with van der Waals surface area (Å²) < 4.78 is 32.4. The van der Waals surface area contributed by atoms with Crippen LogP contribution in [0.25, 0.3) is 0 Å². The number of rotatable bonds is 4. The van der Waals surface area contributed by atoms with E-state index in [1.165, 1.54) is 10.5 Å². The van der Waals surface area contributed by atoms with Crippen LogP contribution in [0.1, 0.15) is 6.92 Å². The van der Waals surface area contributed by atoms with E-state index in [-0.39, 0.29) is 4.90 Å². The SMILES string of the molecule is CCOc1ncc(S(=O)(=O)N2CCN(C)CC2)cc1Br. The molecule has 1 saturated heterocycles. The molecule has 2 rings (SSSR count). The fraction of sp³-hybridized carbons (Fsp3) is 0.583. The molecule has 0 aromatic carbocycles. The van der Waals surface area contributed by atoms with E-state index in [2.05, 4.69) is 25.8 Å². The van der Waals surface area contributed by atoms with Gasteiger partial charge in [-0.2, -0.15) is 4.31 Å². The van der Waals surface area contributed by atoms with Crippen molar-refractivity contribution in [3.63, 3.8) is 0 Å². The summed E-state index contributed by atoms with van der Waals surface area (Å²) in [5.41, 5.74) is 0. The molecule has 112 valence electrons. The van der Waals surface area contributed by atoms with Crippen molar-refractivity contribution in [2.45, 2.75) is 11.8 Å². The van der Waals surface area contributed by atoms with E-state index in [1.807, 2.05) is 14.0 Å². The Balaban J connectivity index is 2.23. The second kappa shape index (κ2) is 6.38. The van der Waals surface area contributed by atoms with Crippen LogP contribution >= 0.6 is 15.9 Å². The number of hydrogen-bond acceptors (Lipinski definition) is 5. The normalized spacial score (nSPS) is 18.1. The number of halogens is 1. The molecule has 0 saturated carbocycles. The lowest BCUT2D eigenvalue weighted by molar-refractivity contribution is 0.222. The first-order valence-corrected chi connectivity index (χ1v) is 8.65. The van der Waals surface area contributed by atoms with E-state index in [9.17, 15) is 8.42 Å². The van der Waals surface area contributed by atoms with Gasteiger partial charge in [-0.1, -0.05) is 0 Å². The number of aromatic nitrogens is 1. The van der Waals surface area contributed by atoms with Crippen LogP contribution < -0.4 is 4.74 Å². The van der Waals surface area contributed by atoms with Crippen LogP contribution in [0.4, 0.5) is 0 Å². The summed E-state index contributed by atoms with van der Waals surface area (Å²) in [6.07, 6.45) is 1.35. The van der Waals surface area contributed by atoms with E-state index < -0.39 is 10.0 Å². The van der Waals surface area contributed by atoms with Gasteiger partial charge in [-0.15, -0.1) is 0 Å². The molecule has 1 fully saturated rings. The molecule has 6 nitrogen and oxygen atoms in total. The topological polar surface area (TPSA) is 62.7 Å². The highest BCUT2D eigenvalue weighted by Crippen LogP contribution is 2.26. The fourth-order valence-corrected chi connectivity index (χ4v) is 3.98. The number of sulfonamides is 1. The molecule has 0 N–H and O–H groups in total. The van der Waals surface area contributed by atoms with Crippen molar-refractivity contribution in [1.29, 1.82) is 0 Å². The van der Waals surface area contributed by atoms with Crippen molar-refractivity contribution in [3.05, 3.63) is 16.7 Å². The van der Waals surface area contributed by atoms with Gasteiger partial charge < -0.3 is 9.64 Å². The Morgan fingerprint density at radius 3 is 2.55 bits per heavy atom. The molecule has 0 unspecified atom stereocenters. The Hall–Kier alpha value is -0.700. The molecule has 0 aliphatic carbocycles. The number of likely N-dealkylation sites (N-methyl/N-ethyl adjacent to an activating group) is 1. The monoisotopic (exact) mass is 363 g/mol. The Morgan fingerprint density at radius 1 is 1.35 bits per heavy atom. The van der Waals surface area contributed by atoms with Gasteiger partial charge in [0.05, 0.1) is 17.3 Å². The van der Waals surface area contributed by atoms with Crippen LogP contribution in [-0.2, 0) is 10.0 Å². The molecule has 0 radical (unpaired) electrons. The summed E-state index contributed by atoms with van der Waals surface area (Å²) in [5, 5.41) is 0. The van der Waals surface area contributed by atoms with Crippen LogP contribution in [0, 0.1) is 0 Å². The van der Waals surface area contributed by atoms with Crippen LogP contribution in [0.15, 0.2) is 21.6 Å². The molecular formula is C12H18BrN3O3S. The third kappa shape index (κ3) is 3.30. The Labute approximate surface area is 127 Å². The minimum Gasteiger partial charge on any atom is -0.477 e. The van der Waals surface area contributed by atoms with Crippen molar-refractivity contribution in [2.75, 3.05) is 39.8 Å². The van der Waals surface area contributed by atoms with Crippen LogP contribution in [0.5, 0.6) is 5.88 Å². The maximum absolute atomic E-state index is 12.5. The van der Waals surface area contributed by atoms with Gasteiger partial charge in [-0.25, -0.2) is 13.4 Å². The van der Waals surface area contributed by atoms with Crippen molar-refractivity contribution < 1.29 is 13.2 Å². The first kappa shape index (κ1) is 15.7. The molecule has 2 heterocycles. The smallest absolute Gasteiger partial charge is 0.244 e. The first-order valence-electron chi connectivity index (χ1n) is 6.42. The summed E-state index contributed by atoms with van der Waals surface area (Å²) in [7, 11) is -1.50. The zero-order valence-corrected chi connectivity index (χ0v) is 13.9. The Morgan fingerprint density at radius 2 is 2.00 bits per heavy atom. The second-order valence-corrected chi connectivity index (χ2v) is 7.39. The number of nitrogens with zero attached hydrogens (tertiary/aromatic N) is 3. The van der Waals surface area contributed by atoms with E-state index in [0.29, 0.717) is 30.0 Å². The molecule has 20 heavy (non-hydrogen) atoms. The highest BCUT2D eigenvalue weighted by molar-refractivity contribution is 9.10. The number of ether oxygens (including phenoxy) is 1. The maximum atomic E-state index is 12.5. The van der Waals surface area contributed by atoms with E-state index in [0.717, 1.165) is 13.1 Å². The predicted molar refractivity (Wildman–Crippen MR) is 79.4 cm³/mol. The quantitative estimate of drug-likeness (QED) is 0.803. The van der Waals surface area contributed by atoms with Gasteiger partial charge in [-0.05, 0) is 36.0 Å². The van der Waals surface area contributed by atoms with Gasteiger partial charge in [0.25, 0.3) is 0 Å². The van der Waals surface area contributed by atoms with Crippen molar-refractivity contribution >= 4 is 26.0 Å².